The molecule has 4 nitrogen and oxygen atoms in total. The van der Waals surface area contributed by atoms with Crippen LogP contribution < -0.4 is 5.73 Å². The molecule has 0 bridgehead atoms. The van der Waals surface area contributed by atoms with Gasteiger partial charge >= 0.3 is 0 Å². The summed E-state index contributed by atoms with van der Waals surface area (Å²) in [5.41, 5.74) is 7.32. The molecular weight excluding hydrogens is 228 g/mol. The van der Waals surface area contributed by atoms with Crippen molar-refractivity contribution in [1.82, 2.24) is 4.90 Å². The van der Waals surface area contributed by atoms with Crippen LogP contribution in [0, 0.1) is 0 Å². The minimum Gasteiger partial charge on any atom is -0.399 e. The van der Waals surface area contributed by atoms with E-state index in [0.29, 0.717) is 18.5 Å². The zero-order valence-corrected chi connectivity index (χ0v) is 10.5. The van der Waals surface area contributed by atoms with E-state index in [4.69, 9.17) is 10.8 Å². The fourth-order valence-corrected chi connectivity index (χ4v) is 2.52. The van der Waals surface area contributed by atoms with E-state index < -0.39 is 0 Å². The third kappa shape index (κ3) is 3.01. The molecule has 1 amide bonds. The summed E-state index contributed by atoms with van der Waals surface area (Å²) in [6, 6.07) is 7.64. The van der Waals surface area contributed by atoms with Crippen molar-refractivity contribution in [3.05, 3.63) is 29.8 Å². The molecule has 1 unspecified atom stereocenters. The Morgan fingerprint density at radius 1 is 1.39 bits per heavy atom. The molecule has 0 aliphatic carbocycles. The number of hydrogen-bond acceptors (Lipinski definition) is 3. The van der Waals surface area contributed by atoms with Gasteiger partial charge in [-0.15, -0.1) is 0 Å². The average Bonchev–Trinajstić information content (AvgIpc) is 2.81. The number of benzene rings is 1. The third-order valence-corrected chi connectivity index (χ3v) is 3.49. The molecule has 1 atom stereocenters. The van der Waals surface area contributed by atoms with Gasteiger partial charge in [0.25, 0.3) is 0 Å². The van der Waals surface area contributed by atoms with Gasteiger partial charge in [0.05, 0.1) is 6.42 Å². The quantitative estimate of drug-likeness (QED) is 0.786. The number of carbonyl (C=O) groups excluding carboxylic acids is 1. The van der Waals surface area contributed by atoms with Gasteiger partial charge in [0.2, 0.25) is 5.91 Å². The van der Waals surface area contributed by atoms with E-state index in [9.17, 15) is 4.79 Å². The van der Waals surface area contributed by atoms with Crippen LogP contribution in [0.2, 0.25) is 0 Å². The second-order valence-corrected chi connectivity index (χ2v) is 4.81. The van der Waals surface area contributed by atoms with Gasteiger partial charge in [0, 0.05) is 24.9 Å². The van der Waals surface area contributed by atoms with Crippen molar-refractivity contribution in [2.45, 2.75) is 31.7 Å². The zero-order valence-electron chi connectivity index (χ0n) is 10.5. The molecule has 98 valence electrons. The maximum absolute atomic E-state index is 12.2. The van der Waals surface area contributed by atoms with E-state index in [2.05, 4.69) is 0 Å². The van der Waals surface area contributed by atoms with Gasteiger partial charge in [-0.2, -0.15) is 0 Å². The van der Waals surface area contributed by atoms with Crippen LogP contribution in [0.15, 0.2) is 24.3 Å². The van der Waals surface area contributed by atoms with Crippen LogP contribution in [0.25, 0.3) is 0 Å². The Morgan fingerprint density at radius 2 is 2.11 bits per heavy atom. The van der Waals surface area contributed by atoms with Crippen LogP contribution in [0.1, 0.15) is 24.8 Å². The van der Waals surface area contributed by atoms with Crippen molar-refractivity contribution in [1.29, 1.82) is 0 Å². The summed E-state index contributed by atoms with van der Waals surface area (Å²) in [6.45, 7) is 0.967. The Morgan fingerprint density at radius 3 is 2.78 bits per heavy atom. The first-order valence-electron chi connectivity index (χ1n) is 6.45. The highest BCUT2D eigenvalue weighted by molar-refractivity contribution is 5.79. The Balaban J connectivity index is 1.96. The van der Waals surface area contributed by atoms with Crippen LogP contribution in [-0.4, -0.2) is 35.1 Å². The number of amides is 1. The molecule has 1 aromatic carbocycles. The molecule has 3 N–H and O–H groups in total. The summed E-state index contributed by atoms with van der Waals surface area (Å²) < 4.78 is 0. The van der Waals surface area contributed by atoms with Crippen molar-refractivity contribution in [3.8, 4) is 0 Å². The predicted molar refractivity (Wildman–Crippen MR) is 71.0 cm³/mol. The van der Waals surface area contributed by atoms with Crippen molar-refractivity contribution >= 4 is 11.6 Å². The lowest BCUT2D eigenvalue weighted by Crippen LogP contribution is -2.37. The minimum atomic E-state index is 0.149. The fraction of sp³-hybridized carbons (Fsp3) is 0.500. The average molecular weight is 248 g/mol. The van der Waals surface area contributed by atoms with E-state index in [0.717, 1.165) is 24.9 Å². The van der Waals surface area contributed by atoms with Gasteiger partial charge in [0.15, 0.2) is 0 Å². The minimum absolute atomic E-state index is 0.149. The first kappa shape index (κ1) is 12.9. The number of nitrogens with zero attached hydrogens (tertiary/aromatic N) is 1. The first-order valence-corrected chi connectivity index (χ1v) is 6.45. The largest absolute Gasteiger partial charge is 0.399 e. The van der Waals surface area contributed by atoms with E-state index >= 15 is 0 Å². The number of nitrogen functional groups attached to an aromatic ring is 1. The maximum atomic E-state index is 12.2. The molecule has 0 saturated carbocycles. The molecule has 1 aliphatic rings. The molecule has 2 rings (SSSR count). The lowest BCUT2D eigenvalue weighted by Gasteiger charge is -2.24. The molecule has 0 aromatic heterocycles. The molecule has 0 spiro atoms. The number of aliphatic hydroxyl groups is 1. The van der Waals surface area contributed by atoms with Gasteiger partial charge < -0.3 is 15.7 Å². The maximum Gasteiger partial charge on any atom is 0.227 e. The number of likely N-dealkylation sites (tertiary alicyclic amines) is 1. The Kier molecular flexibility index (Phi) is 4.20. The smallest absolute Gasteiger partial charge is 0.227 e. The third-order valence-electron chi connectivity index (χ3n) is 3.49. The second kappa shape index (κ2) is 5.87. The highest BCUT2D eigenvalue weighted by Gasteiger charge is 2.27. The summed E-state index contributed by atoms with van der Waals surface area (Å²) >= 11 is 0. The Hall–Kier alpha value is -1.55. The lowest BCUT2D eigenvalue weighted by molar-refractivity contribution is -0.131. The van der Waals surface area contributed by atoms with Crippen LogP contribution in [0.4, 0.5) is 5.69 Å². The summed E-state index contributed by atoms with van der Waals surface area (Å²) in [6.07, 6.45) is 3.15. The second-order valence-electron chi connectivity index (χ2n) is 4.81. The fourth-order valence-electron chi connectivity index (χ4n) is 2.52. The lowest BCUT2D eigenvalue weighted by atomic mass is 10.1. The van der Waals surface area contributed by atoms with Crippen LogP contribution in [-0.2, 0) is 11.2 Å². The zero-order chi connectivity index (χ0) is 13.0. The number of hydrogen-bond donors (Lipinski definition) is 2. The van der Waals surface area contributed by atoms with Crippen molar-refractivity contribution < 1.29 is 9.90 Å². The van der Waals surface area contributed by atoms with Crippen molar-refractivity contribution in [3.63, 3.8) is 0 Å². The molecule has 0 radical (unpaired) electrons. The number of nitrogens with two attached hydrogens (primary N) is 1. The number of rotatable bonds is 4. The highest BCUT2D eigenvalue weighted by atomic mass is 16.3. The molecule has 1 aliphatic heterocycles. The molecule has 4 heteroatoms. The van der Waals surface area contributed by atoms with Crippen LogP contribution in [0.3, 0.4) is 0 Å². The molecule has 1 fully saturated rings. The predicted octanol–water partition coefficient (Wildman–Crippen LogP) is 1.18. The van der Waals surface area contributed by atoms with Gasteiger partial charge in [-0.25, -0.2) is 0 Å². The number of aliphatic hydroxyl groups excluding tert-OH is 1. The Bertz CT molecular complexity index is 403. The number of carbonyl (C=O) groups is 1. The topological polar surface area (TPSA) is 66.6 Å². The molecule has 18 heavy (non-hydrogen) atoms. The first-order chi connectivity index (χ1) is 8.70. The normalized spacial score (nSPS) is 19.2. The SMILES string of the molecule is Nc1ccc(CC(=O)N2CCCC2CCO)cc1. The van der Waals surface area contributed by atoms with Gasteiger partial charge in [0.1, 0.15) is 0 Å². The highest BCUT2D eigenvalue weighted by Crippen LogP contribution is 2.21. The van der Waals surface area contributed by atoms with E-state index in [1.807, 2.05) is 29.2 Å². The summed E-state index contributed by atoms with van der Waals surface area (Å²) in [4.78, 5) is 14.1. The van der Waals surface area contributed by atoms with E-state index in [1.165, 1.54) is 0 Å². The van der Waals surface area contributed by atoms with E-state index in [1.54, 1.807) is 0 Å². The standard InChI is InChI=1S/C14H20N2O2/c15-12-5-3-11(4-6-12)10-14(18)16-8-1-2-13(16)7-9-17/h3-6,13,17H,1-2,7-10,15H2. The van der Waals surface area contributed by atoms with Gasteiger partial charge in [-0.05, 0) is 37.0 Å². The van der Waals surface area contributed by atoms with Gasteiger partial charge in [-0.3, -0.25) is 4.79 Å². The van der Waals surface area contributed by atoms with Crippen molar-refractivity contribution in [2.24, 2.45) is 0 Å². The summed E-state index contributed by atoms with van der Waals surface area (Å²) in [5.74, 6) is 0.149. The molecule has 1 saturated heterocycles. The van der Waals surface area contributed by atoms with E-state index in [-0.39, 0.29) is 18.6 Å². The molecule has 1 heterocycles. The molecular formula is C14H20N2O2. The number of anilines is 1. The summed E-state index contributed by atoms with van der Waals surface area (Å²) in [5, 5.41) is 8.99. The summed E-state index contributed by atoms with van der Waals surface area (Å²) in [7, 11) is 0. The molecule has 1 aromatic rings. The monoisotopic (exact) mass is 248 g/mol. The Labute approximate surface area is 107 Å². The van der Waals surface area contributed by atoms with Crippen LogP contribution in [0.5, 0.6) is 0 Å². The van der Waals surface area contributed by atoms with Crippen LogP contribution >= 0.6 is 0 Å². The van der Waals surface area contributed by atoms with Gasteiger partial charge in [-0.1, -0.05) is 12.1 Å². The van der Waals surface area contributed by atoms with Crippen molar-refractivity contribution in [2.75, 3.05) is 18.9 Å².